The maximum Gasteiger partial charge on any atom is 0.323 e. The normalized spacial score (nSPS) is 22.2. The van der Waals surface area contributed by atoms with E-state index in [0.717, 1.165) is 29.6 Å². The highest BCUT2D eigenvalue weighted by atomic mass is 16.5. The van der Waals surface area contributed by atoms with Crippen molar-refractivity contribution in [2.24, 2.45) is 11.8 Å². The van der Waals surface area contributed by atoms with E-state index < -0.39 is 5.97 Å². The number of rotatable bonds is 9. The van der Waals surface area contributed by atoms with Crippen molar-refractivity contribution in [3.8, 4) is 11.1 Å². The summed E-state index contributed by atoms with van der Waals surface area (Å²) in [6.07, 6.45) is 1.42. The average Bonchev–Trinajstić information content (AvgIpc) is 3.62. The number of ketones is 2. The molecule has 2 aliphatic rings. The Hall–Kier alpha value is -3.95. The maximum absolute atomic E-state index is 12.6. The third-order valence-electron chi connectivity index (χ3n) is 7.48. The van der Waals surface area contributed by atoms with Gasteiger partial charge in [0.1, 0.15) is 17.8 Å². The Balaban J connectivity index is 1.17. The molecule has 2 saturated heterocycles. The molecule has 2 aromatic carbocycles. The van der Waals surface area contributed by atoms with Crippen LogP contribution in [0.25, 0.3) is 22.0 Å². The van der Waals surface area contributed by atoms with Crippen LogP contribution in [0.3, 0.4) is 0 Å². The number of ether oxygens (including phenoxy) is 2. The molecule has 0 spiro atoms. The summed E-state index contributed by atoms with van der Waals surface area (Å²) in [5, 5.41) is 7.06. The zero-order valence-corrected chi connectivity index (χ0v) is 22.6. The van der Waals surface area contributed by atoms with Crippen molar-refractivity contribution >= 4 is 34.4 Å². The molecule has 4 atom stereocenters. The van der Waals surface area contributed by atoms with Crippen LogP contribution < -0.4 is 10.6 Å². The van der Waals surface area contributed by atoms with Crippen LogP contribution in [-0.2, 0) is 19.1 Å². The monoisotopic (exact) mass is 543 g/mol. The molecule has 9 nitrogen and oxygen atoms in total. The average molecular weight is 544 g/mol. The van der Waals surface area contributed by atoms with E-state index >= 15 is 0 Å². The van der Waals surface area contributed by atoms with E-state index in [1.165, 1.54) is 0 Å². The zero-order valence-electron chi connectivity index (χ0n) is 22.6. The predicted octanol–water partition coefficient (Wildman–Crippen LogP) is 3.35. The summed E-state index contributed by atoms with van der Waals surface area (Å²) >= 11 is 0. The van der Waals surface area contributed by atoms with Gasteiger partial charge in [-0.25, -0.2) is 4.98 Å². The van der Waals surface area contributed by atoms with Crippen molar-refractivity contribution in [1.82, 2.24) is 15.6 Å². The second kappa shape index (κ2) is 12.1. The Morgan fingerprint density at radius 3 is 1.90 bits per heavy atom. The number of esters is 2. The van der Waals surface area contributed by atoms with E-state index in [2.05, 4.69) is 29.5 Å². The molecule has 208 valence electrons. The standard InChI is InChI=1S/C31H33N3O6/c1-18-11-26(32-14-18)30(37)39-16-28(35)21-5-3-20(4-6-21)22-7-9-24-23(13-22)8-10-25(34-24)29(36)17-40-31(38)27-12-19(2)15-33-27/h3-10,13,18-19,26-27,32-33H,11-12,14-17H2,1-2H3/t18-,19-,26-,27-/m0/s1. The Bertz CT molecular complexity index is 1440. The van der Waals surface area contributed by atoms with Crippen molar-refractivity contribution < 1.29 is 28.7 Å². The summed E-state index contributed by atoms with van der Waals surface area (Å²) in [6.45, 7) is 5.03. The number of carbonyl (C=O) groups is 4. The topological polar surface area (TPSA) is 124 Å². The lowest BCUT2D eigenvalue weighted by molar-refractivity contribution is -0.145. The summed E-state index contributed by atoms with van der Waals surface area (Å²) in [6, 6.07) is 15.5. The van der Waals surface area contributed by atoms with Crippen LogP contribution in [-0.4, -0.2) is 66.9 Å². The molecular formula is C31H33N3O6. The molecule has 5 rings (SSSR count). The number of carbonyl (C=O) groups excluding carboxylic acids is 4. The number of hydrogen-bond donors (Lipinski definition) is 2. The zero-order chi connectivity index (χ0) is 28.2. The number of pyridine rings is 1. The second-order valence-electron chi connectivity index (χ2n) is 10.8. The highest BCUT2D eigenvalue weighted by Gasteiger charge is 2.29. The summed E-state index contributed by atoms with van der Waals surface area (Å²) < 4.78 is 10.4. The Kier molecular flexibility index (Phi) is 8.32. The molecule has 0 amide bonds. The fourth-order valence-electron chi connectivity index (χ4n) is 5.12. The Morgan fingerprint density at radius 2 is 1.32 bits per heavy atom. The molecule has 3 aromatic rings. The molecule has 0 aliphatic carbocycles. The number of benzene rings is 2. The van der Waals surface area contributed by atoms with Crippen LogP contribution in [0.4, 0.5) is 0 Å². The fourth-order valence-corrected chi connectivity index (χ4v) is 5.12. The molecule has 40 heavy (non-hydrogen) atoms. The van der Waals surface area contributed by atoms with E-state index in [1.807, 2.05) is 36.4 Å². The summed E-state index contributed by atoms with van der Waals surface area (Å²) in [4.78, 5) is 53.9. The van der Waals surface area contributed by atoms with Gasteiger partial charge in [-0.1, -0.05) is 50.2 Å². The van der Waals surface area contributed by atoms with E-state index in [4.69, 9.17) is 9.47 Å². The Morgan fingerprint density at radius 1 is 0.750 bits per heavy atom. The van der Waals surface area contributed by atoms with Crippen LogP contribution in [0, 0.1) is 11.8 Å². The van der Waals surface area contributed by atoms with Crippen molar-refractivity contribution in [2.75, 3.05) is 26.3 Å². The minimum atomic E-state index is -0.409. The molecule has 3 heterocycles. The molecule has 2 aliphatic heterocycles. The van der Waals surface area contributed by atoms with Crippen LogP contribution in [0.5, 0.6) is 0 Å². The first-order valence-corrected chi connectivity index (χ1v) is 13.6. The van der Waals surface area contributed by atoms with Gasteiger partial charge in [-0.3, -0.25) is 19.2 Å². The van der Waals surface area contributed by atoms with Crippen molar-refractivity contribution in [3.05, 3.63) is 65.9 Å². The van der Waals surface area contributed by atoms with Crippen LogP contribution in [0.15, 0.2) is 54.6 Å². The highest BCUT2D eigenvalue weighted by Crippen LogP contribution is 2.25. The summed E-state index contributed by atoms with van der Waals surface area (Å²) in [7, 11) is 0. The molecule has 0 radical (unpaired) electrons. The van der Waals surface area contributed by atoms with Gasteiger partial charge >= 0.3 is 11.9 Å². The smallest absolute Gasteiger partial charge is 0.323 e. The minimum absolute atomic E-state index is 0.239. The van der Waals surface area contributed by atoms with Gasteiger partial charge in [0.05, 0.1) is 5.52 Å². The summed E-state index contributed by atoms with van der Waals surface area (Å²) in [5.74, 6) is -0.596. The van der Waals surface area contributed by atoms with Crippen molar-refractivity contribution in [2.45, 2.75) is 38.8 Å². The lowest BCUT2D eigenvalue weighted by atomic mass is 10.0. The van der Waals surface area contributed by atoms with Gasteiger partial charge in [-0.05, 0) is 67.1 Å². The largest absolute Gasteiger partial charge is 0.456 e. The van der Waals surface area contributed by atoms with Gasteiger partial charge < -0.3 is 20.1 Å². The number of nitrogens with zero attached hydrogens (tertiary/aromatic N) is 1. The predicted molar refractivity (Wildman–Crippen MR) is 149 cm³/mol. The fraction of sp³-hybridized carbons (Fsp3) is 0.387. The lowest BCUT2D eigenvalue weighted by Gasteiger charge is -2.10. The number of fused-ring (bicyclic) bond motifs is 1. The Labute approximate surface area is 232 Å². The molecule has 0 saturated carbocycles. The van der Waals surface area contributed by atoms with Gasteiger partial charge in [-0.2, -0.15) is 0 Å². The number of aromatic nitrogens is 1. The van der Waals surface area contributed by atoms with Crippen LogP contribution in [0.2, 0.25) is 0 Å². The lowest BCUT2D eigenvalue weighted by Crippen LogP contribution is -2.33. The van der Waals surface area contributed by atoms with Crippen LogP contribution >= 0.6 is 0 Å². The first kappa shape index (κ1) is 27.6. The van der Waals surface area contributed by atoms with Crippen molar-refractivity contribution in [3.63, 3.8) is 0 Å². The molecule has 1 aromatic heterocycles. The molecule has 2 fully saturated rings. The first-order chi connectivity index (χ1) is 19.3. The number of Topliss-reactive ketones (excluding diaryl/α,β-unsaturated/α-hetero) is 2. The first-order valence-electron chi connectivity index (χ1n) is 13.6. The molecule has 9 heteroatoms. The van der Waals surface area contributed by atoms with E-state index in [1.54, 1.807) is 18.2 Å². The van der Waals surface area contributed by atoms with Gasteiger partial charge in [-0.15, -0.1) is 0 Å². The summed E-state index contributed by atoms with van der Waals surface area (Å²) in [5.41, 5.74) is 3.18. The third kappa shape index (κ3) is 6.43. The van der Waals surface area contributed by atoms with Gasteiger partial charge in [0, 0.05) is 10.9 Å². The molecule has 0 bridgehead atoms. The van der Waals surface area contributed by atoms with E-state index in [-0.39, 0.29) is 48.5 Å². The SMILES string of the molecule is C[C@@H]1CN[C@H](C(=O)OCC(=O)c2ccc(-c3ccc4nc(C(=O)COC(=O)[C@@H]5C[C@H](C)CN5)ccc4c3)cc2)C1. The quantitative estimate of drug-likeness (QED) is 0.309. The van der Waals surface area contributed by atoms with Gasteiger partial charge in [0.2, 0.25) is 5.78 Å². The van der Waals surface area contributed by atoms with E-state index in [0.29, 0.717) is 35.8 Å². The second-order valence-corrected chi connectivity index (χ2v) is 10.8. The van der Waals surface area contributed by atoms with Crippen molar-refractivity contribution in [1.29, 1.82) is 0 Å². The van der Waals surface area contributed by atoms with Gasteiger partial charge in [0.25, 0.3) is 0 Å². The molecular weight excluding hydrogens is 510 g/mol. The number of nitrogens with one attached hydrogen (secondary N) is 2. The van der Waals surface area contributed by atoms with E-state index in [9.17, 15) is 19.2 Å². The minimum Gasteiger partial charge on any atom is -0.456 e. The maximum atomic E-state index is 12.6. The number of hydrogen-bond acceptors (Lipinski definition) is 9. The molecule has 2 N–H and O–H groups in total. The van der Waals surface area contributed by atoms with Gasteiger partial charge in [0.15, 0.2) is 19.0 Å². The molecule has 0 unspecified atom stereocenters. The third-order valence-corrected chi connectivity index (χ3v) is 7.48. The van der Waals surface area contributed by atoms with Crippen LogP contribution in [0.1, 0.15) is 47.5 Å². The highest BCUT2D eigenvalue weighted by molar-refractivity contribution is 6.00.